The van der Waals surface area contributed by atoms with Crippen LogP contribution in [-0.4, -0.2) is 19.4 Å². The van der Waals surface area contributed by atoms with Crippen molar-refractivity contribution in [3.05, 3.63) is 34.3 Å². The third kappa shape index (κ3) is 3.57. The highest BCUT2D eigenvalue weighted by atomic mass is 79.9. The van der Waals surface area contributed by atoms with Crippen LogP contribution in [0.4, 0.5) is 4.79 Å². The number of hydrazone groups is 1. The average Bonchev–Trinajstić information content (AvgIpc) is 2.21. The van der Waals surface area contributed by atoms with Gasteiger partial charge in [0.15, 0.2) is 0 Å². The molecule has 1 N–H and O–H groups in total. The summed E-state index contributed by atoms with van der Waals surface area (Å²) in [4.78, 5) is 10.6. The van der Waals surface area contributed by atoms with Crippen LogP contribution in [0, 0.1) is 0 Å². The van der Waals surface area contributed by atoms with Gasteiger partial charge in [0.05, 0.1) is 13.3 Å². The van der Waals surface area contributed by atoms with Gasteiger partial charge in [-0.15, -0.1) is 0 Å². The third-order valence-corrected chi connectivity index (χ3v) is 1.95. The molecule has 14 heavy (non-hydrogen) atoms. The molecule has 0 fully saturated rings. The molecule has 0 aliphatic carbocycles. The highest BCUT2D eigenvalue weighted by molar-refractivity contribution is 9.10. The SMILES string of the molecule is COC(=O)NN=Cc1ccc(Br)cc1. The van der Waals surface area contributed by atoms with Gasteiger partial charge in [-0.3, -0.25) is 0 Å². The summed E-state index contributed by atoms with van der Waals surface area (Å²) in [6.45, 7) is 0. The van der Waals surface area contributed by atoms with Crippen molar-refractivity contribution in [3.63, 3.8) is 0 Å². The summed E-state index contributed by atoms with van der Waals surface area (Å²) in [6.07, 6.45) is 0.946. The number of halogens is 1. The number of amides is 1. The minimum atomic E-state index is -0.585. The Morgan fingerprint density at radius 1 is 1.50 bits per heavy atom. The maximum atomic E-state index is 10.6. The zero-order chi connectivity index (χ0) is 10.4. The Hall–Kier alpha value is -1.36. The fourth-order valence-electron chi connectivity index (χ4n) is 0.754. The molecule has 0 bridgehead atoms. The number of ether oxygens (including phenoxy) is 1. The van der Waals surface area contributed by atoms with Crippen molar-refractivity contribution >= 4 is 28.2 Å². The van der Waals surface area contributed by atoms with E-state index >= 15 is 0 Å². The zero-order valence-corrected chi connectivity index (χ0v) is 9.11. The van der Waals surface area contributed by atoms with E-state index < -0.39 is 6.09 Å². The van der Waals surface area contributed by atoms with Crippen LogP contribution in [0.2, 0.25) is 0 Å². The van der Waals surface area contributed by atoms with Crippen LogP contribution in [0.15, 0.2) is 33.8 Å². The van der Waals surface area contributed by atoms with Crippen molar-refractivity contribution in [2.24, 2.45) is 5.10 Å². The van der Waals surface area contributed by atoms with Crippen molar-refractivity contribution in [2.45, 2.75) is 0 Å². The molecule has 0 aliphatic heterocycles. The fraction of sp³-hybridized carbons (Fsp3) is 0.111. The predicted octanol–water partition coefficient (Wildman–Crippen LogP) is 2.14. The van der Waals surface area contributed by atoms with Gasteiger partial charge in [0, 0.05) is 4.47 Å². The first-order valence-corrected chi connectivity index (χ1v) is 4.64. The minimum Gasteiger partial charge on any atom is -0.452 e. The largest absolute Gasteiger partial charge is 0.452 e. The normalized spacial score (nSPS) is 10.1. The standard InChI is InChI=1S/C9H9BrN2O2/c1-14-9(13)12-11-6-7-2-4-8(10)5-3-7/h2-6H,1H3,(H,12,13). The van der Waals surface area contributed by atoms with Crippen molar-refractivity contribution < 1.29 is 9.53 Å². The van der Waals surface area contributed by atoms with E-state index in [1.54, 1.807) is 0 Å². The molecule has 0 heterocycles. The predicted molar refractivity (Wildman–Crippen MR) is 57.3 cm³/mol. The number of nitrogens with zero attached hydrogens (tertiary/aromatic N) is 1. The first kappa shape index (κ1) is 10.7. The number of methoxy groups -OCH3 is 1. The Morgan fingerprint density at radius 2 is 2.14 bits per heavy atom. The summed E-state index contributed by atoms with van der Waals surface area (Å²) < 4.78 is 5.33. The second kappa shape index (κ2) is 5.39. The highest BCUT2D eigenvalue weighted by Crippen LogP contribution is 2.08. The summed E-state index contributed by atoms with van der Waals surface area (Å²) in [5, 5.41) is 3.68. The van der Waals surface area contributed by atoms with Crippen molar-refractivity contribution in [1.29, 1.82) is 0 Å². The lowest BCUT2D eigenvalue weighted by Gasteiger charge is -1.95. The van der Waals surface area contributed by atoms with Crippen molar-refractivity contribution in [3.8, 4) is 0 Å². The Bertz CT molecular complexity index is 335. The Labute approximate surface area is 90.1 Å². The Balaban J connectivity index is 2.52. The molecular weight excluding hydrogens is 248 g/mol. The summed E-state index contributed by atoms with van der Waals surface area (Å²) in [7, 11) is 1.28. The van der Waals surface area contributed by atoms with Gasteiger partial charge in [-0.05, 0) is 17.7 Å². The maximum absolute atomic E-state index is 10.6. The summed E-state index contributed by atoms with van der Waals surface area (Å²) in [6, 6.07) is 7.51. The lowest BCUT2D eigenvalue weighted by Crippen LogP contribution is -2.16. The number of hydrogen-bond donors (Lipinski definition) is 1. The number of rotatable bonds is 2. The van der Waals surface area contributed by atoms with Gasteiger partial charge in [0.2, 0.25) is 0 Å². The van der Waals surface area contributed by atoms with Gasteiger partial charge in [0.25, 0.3) is 0 Å². The lowest BCUT2D eigenvalue weighted by atomic mass is 10.2. The van der Waals surface area contributed by atoms with E-state index in [1.165, 1.54) is 13.3 Å². The summed E-state index contributed by atoms with van der Waals surface area (Å²) in [5.74, 6) is 0. The molecule has 0 unspecified atom stereocenters. The van der Waals surface area contributed by atoms with Crippen LogP contribution in [0.3, 0.4) is 0 Å². The van der Waals surface area contributed by atoms with E-state index in [-0.39, 0.29) is 0 Å². The first-order valence-electron chi connectivity index (χ1n) is 3.85. The van der Waals surface area contributed by atoms with Crippen LogP contribution >= 0.6 is 15.9 Å². The van der Waals surface area contributed by atoms with Gasteiger partial charge in [0.1, 0.15) is 0 Å². The molecule has 5 heteroatoms. The molecule has 0 aliphatic rings. The van der Waals surface area contributed by atoms with Gasteiger partial charge >= 0.3 is 6.09 Å². The van der Waals surface area contributed by atoms with Gasteiger partial charge < -0.3 is 4.74 Å². The molecule has 1 rings (SSSR count). The fourth-order valence-corrected chi connectivity index (χ4v) is 1.02. The van der Waals surface area contributed by atoms with E-state index in [1.807, 2.05) is 24.3 Å². The van der Waals surface area contributed by atoms with E-state index in [0.29, 0.717) is 0 Å². The zero-order valence-electron chi connectivity index (χ0n) is 7.53. The number of carbonyl (C=O) groups excluding carboxylic acids is 1. The van der Waals surface area contributed by atoms with E-state index in [2.05, 4.69) is 31.2 Å². The third-order valence-electron chi connectivity index (χ3n) is 1.42. The van der Waals surface area contributed by atoms with Crippen LogP contribution < -0.4 is 5.43 Å². The van der Waals surface area contributed by atoms with Crippen molar-refractivity contribution in [1.82, 2.24) is 5.43 Å². The number of carbonyl (C=O) groups is 1. The van der Waals surface area contributed by atoms with Gasteiger partial charge in [-0.25, -0.2) is 10.2 Å². The summed E-state index contributed by atoms with van der Waals surface area (Å²) in [5.41, 5.74) is 3.09. The Morgan fingerprint density at radius 3 is 2.71 bits per heavy atom. The molecule has 74 valence electrons. The minimum absolute atomic E-state index is 0.585. The van der Waals surface area contributed by atoms with Gasteiger partial charge in [-0.1, -0.05) is 28.1 Å². The van der Waals surface area contributed by atoms with E-state index in [0.717, 1.165) is 10.0 Å². The number of benzene rings is 1. The quantitative estimate of drug-likeness (QED) is 0.651. The van der Waals surface area contributed by atoms with Crippen LogP contribution in [-0.2, 0) is 4.74 Å². The summed E-state index contributed by atoms with van der Waals surface area (Å²) >= 11 is 3.31. The number of nitrogens with one attached hydrogen (secondary N) is 1. The smallest absolute Gasteiger partial charge is 0.427 e. The molecule has 0 aromatic heterocycles. The topological polar surface area (TPSA) is 50.7 Å². The molecule has 1 aromatic carbocycles. The van der Waals surface area contributed by atoms with Crippen molar-refractivity contribution in [2.75, 3.05) is 7.11 Å². The monoisotopic (exact) mass is 256 g/mol. The molecule has 0 radical (unpaired) electrons. The molecule has 0 atom stereocenters. The second-order valence-electron chi connectivity index (χ2n) is 2.41. The first-order chi connectivity index (χ1) is 6.72. The molecule has 0 saturated carbocycles. The molecule has 4 nitrogen and oxygen atoms in total. The van der Waals surface area contributed by atoms with Gasteiger partial charge in [-0.2, -0.15) is 5.10 Å². The average molecular weight is 257 g/mol. The Kier molecular flexibility index (Phi) is 4.12. The second-order valence-corrected chi connectivity index (χ2v) is 3.33. The maximum Gasteiger partial charge on any atom is 0.427 e. The van der Waals surface area contributed by atoms with E-state index in [4.69, 9.17) is 0 Å². The van der Waals surface area contributed by atoms with Crippen LogP contribution in [0.5, 0.6) is 0 Å². The number of hydrogen-bond acceptors (Lipinski definition) is 3. The van der Waals surface area contributed by atoms with Crippen LogP contribution in [0.1, 0.15) is 5.56 Å². The molecule has 1 amide bonds. The highest BCUT2D eigenvalue weighted by Gasteiger charge is 1.92. The molecule has 1 aromatic rings. The molecular formula is C9H9BrN2O2. The molecule has 0 spiro atoms. The van der Waals surface area contributed by atoms with E-state index in [9.17, 15) is 4.79 Å². The molecule has 0 saturated heterocycles. The lowest BCUT2D eigenvalue weighted by molar-refractivity contribution is 0.171. The van der Waals surface area contributed by atoms with Crippen LogP contribution in [0.25, 0.3) is 0 Å².